The number of rotatable bonds is 5. The van der Waals surface area contributed by atoms with Crippen molar-refractivity contribution in [1.29, 1.82) is 0 Å². The zero-order valence-electron chi connectivity index (χ0n) is 14.0. The fourth-order valence-electron chi connectivity index (χ4n) is 2.17. The van der Waals surface area contributed by atoms with Crippen molar-refractivity contribution in [3.63, 3.8) is 0 Å². The second-order valence-corrected chi connectivity index (χ2v) is 6.92. The van der Waals surface area contributed by atoms with Crippen LogP contribution >= 0.6 is 34.8 Å². The van der Waals surface area contributed by atoms with E-state index in [4.69, 9.17) is 34.8 Å². The van der Waals surface area contributed by atoms with Crippen molar-refractivity contribution >= 4 is 46.8 Å². The van der Waals surface area contributed by atoms with Gasteiger partial charge < -0.3 is 4.90 Å². The lowest BCUT2D eigenvalue weighted by molar-refractivity contribution is -0.137. The van der Waals surface area contributed by atoms with Crippen LogP contribution in [0, 0.1) is 0 Å². The largest absolute Gasteiger partial charge is 0.417 e. The van der Waals surface area contributed by atoms with Gasteiger partial charge >= 0.3 is 6.18 Å². The van der Waals surface area contributed by atoms with Crippen molar-refractivity contribution in [3.05, 3.63) is 62.1 Å². The number of benzene rings is 2. The van der Waals surface area contributed by atoms with Gasteiger partial charge in [0.2, 0.25) is 0 Å². The first-order valence-electron chi connectivity index (χ1n) is 7.69. The van der Waals surface area contributed by atoms with Gasteiger partial charge in [-0.3, -0.25) is 0 Å². The van der Waals surface area contributed by atoms with Gasteiger partial charge in [-0.25, -0.2) is 4.99 Å². The third-order valence-electron chi connectivity index (χ3n) is 3.74. The molecule has 2 rings (SSSR count). The summed E-state index contributed by atoms with van der Waals surface area (Å²) in [5.41, 5.74) is 0.659. The van der Waals surface area contributed by atoms with Crippen LogP contribution in [0.4, 0.5) is 18.9 Å². The summed E-state index contributed by atoms with van der Waals surface area (Å²) in [6.07, 6.45) is -2.69. The molecule has 2 nitrogen and oxygen atoms in total. The number of aliphatic imine (C=N–C) groups is 1. The molecule has 2 aromatic rings. The molecule has 0 spiro atoms. The summed E-state index contributed by atoms with van der Waals surface area (Å²) < 4.78 is 39.0. The Labute approximate surface area is 165 Å². The van der Waals surface area contributed by atoms with Crippen molar-refractivity contribution in [2.45, 2.75) is 19.5 Å². The fraction of sp³-hybridized carbons (Fsp3) is 0.278. The predicted octanol–water partition coefficient (Wildman–Crippen LogP) is 6.87. The average Bonchev–Trinajstić information content (AvgIpc) is 2.56. The highest BCUT2D eigenvalue weighted by Gasteiger charge is 2.33. The van der Waals surface area contributed by atoms with E-state index >= 15 is 0 Å². The second-order valence-electron chi connectivity index (χ2n) is 5.70. The van der Waals surface area contributed by atoms with Crippen LogP contribution in [0.5, 0.6) is 0 Å². The van der Waals surface area contributed by atoms with Crippen LogP contribution in [0.2, 0.25) is 15.1 Å². The van der Waals surface area contributed by atoms with E-state index in [0.29, 0.717) is 26.9 Å². The van der Waals surface area contributed by atoms with Crippen molar-refractivity contribution in [2.75, 3.05) is 13.6 Å². The molecule has 8 heteroatoms. The molecule has 0 aliphatic rings. The van der Waals surface area contributed by atoms with Crippen LogP contribution in [-0.4, -0.2) is 24.8 Å². The molecule has 26 heavy (non-hydrogen) atoms. The topological polar surface area (TPSA) is 15.6 Å². The van der Waals surface area contributed by atoms with E-state index in [2.05, 4.69) is 4.99 Å². The predicted molar refractivity (Wildman–Crippen MR) is 102 cm³/mol. The van der Waals surface area contributed by atoms with Gasteiger partial charge in [0, 0.05) is 18.6 Å². The van der Waals surface area contributed by atoms with Gasteiger partial charge in [0.25, 0.3) is 0 Å². The third kappa shape index (κ3) is 5.29. The van der Waals surface area contributed by atoms with Gasteiger partial charge in [-0.2, -0.15) is 13.2 Å². The summed E-state index contributed by atoms with van der Waals surface area (Å²) >= 11 is 18.1. The number of hydrogen-bond donors (Lipinski definition) is 0. The highest BCUT2D eigenvalue weighted by Crippen LogP contribution is 2.37. The zero-order chi connectivity index (χ0) is 19.5. The molecular formula is C18H16Cl3F3N2. The molecule has 0 heterocycles. The van der Waals surface area contributed by atoms with Crippen molar-refractivity contribution in [2.24, 2.45) is 4.99 Å². The molecule has 0 unspecified atom stereocenters. The number of nitrogens with zero attached hydrogens (tertiary/aromatic N) is 2. The smallest absolute Gasteiger partial charge is 0.366 e. The molecule has 0 fully saturated rings. The van der Waals surface area contributed by atoms with Gasteiger partial charge in [0.15, 0.2) is 0 Å². The van der Waals surface area contributed by atoms with Crippen LogP contribution in [0.15, 0.2) is 35.3 Å². The van der Waals surface area contributed by atoms with E-state index in [9.17, 15) is 13.2 Å². The van der Waals surface area contributed by atoms with Crippen LogP contribution in [0.25, 0.3) is 0 Å². The fourth-order valence-corrected chi connectivity index (χ4v) is 2.86. The molecule has 0 radical (unpaired) electrons. The molecule has 0 saturated heterocycles. The highest BCUT2D eigenvalue weighted by molar-refractivity contribution is 6.35. The normalized spacial score (nSPS) is 12.0. The van der Waals surface area contributed by atoms with Crippen LogP contribution in [-0.2, 0) is 12.6 Å². The molecule has 0 amide bonds. The molecule has 0 aliphatic heterocycles. The summed E-state index contributed by atoms with van der Waals surface area (Å²) in [5, 5.41) is 0.412. The van der Waals surface area contributed by atoms with Crippen molar-refractivity contribution in [1.82, 2.24) is 4.90 Å². The van der Waals surface area contributed by atoms with Crippen LogP contribution < -0.4 is 0 Å². The standard InChI is InChI=1S/C18H16Cl3F3N2/c1-3-26(2)10-25-17-9-15(20)12(8-16(17)21)6-11-4-5-14(19)13(7-11)18(22,23)24/h4-5,7-10H,3,6H2,1-2H3. The van der Waals surface area contributed by atoms with E-state index in [-0.39, 0.29) is 11.4 Å². The highest BCUT2D eigenvalue weighted by atomic mass is 35.5. The number of alkyl halides is 3. The molecule has 0 atom stereocenters. The van der Waals surface area contributed by atoms with Gasteiger partial charge in [0.05, 0.1) is 27.6 Å². The molecule has 140 valence electrons. The monoisotopic (exact) mass is 422 g/mol. The van der Waals surface area contributed by atoms with E-state index in [1.54, 1.807) is 18.5 Å². The van der Waals surface area contributed by atoms with Crippen LogP contribution in [0.3, 0.4) is 0 Å². The maximum Gasteiger partial charge on any atom is 0.417 e. The summed E-state index contributed by atoms with van der Waals surface area (Å²) in [6, 6.07) is 7.00. The van der Waals surface area contributed by atoms with E-state index in [1.807, 2.05) is 18.9 Å². The lowest BCUT2D eigenvalue weighted by atomic mass is 10.0. The Hall–Kier alpha value is -1.43. The molecule has 0 saturated carbocycles. The lowest BCUT2D eigenvalue weighted by Crippen LogP contribution is -2.14. The number of halogens is 6. The second kappa shape index (κ2) is 8.51. The molecule has 0 aromatic heterocycles. The Morgan fingerprint density at radius 2 is 1.73 bits per heavy atom. The minimum atomic E-state index is -4.52. The van der Waals surface area contributed by atoms with Gasteiger partial charge in [-0.15, -0.1) is 0 Å². The Morgan fingerprint density at radius 1 is 1.04 bits per heavy atom. The van der Waals surface area contributed by atoms with Gasteiger partial charge in [-0.1, -0.05) is 40.9 Å². The molecule has 2 aromatic carbocycles. The first kappa shape index (κ1) is 20.9. The van der Waals surface area contributed by atoms with Crippen molar-refractivity contribution < 1.29 is 13.2 Å². The lowest BCUT2D eigenvalue weighted by Gasteiger charge is -2.13. The molecule has 0 aliphatic carbocycles. The Balaban J connectivity index is 2.31. The Bertz CT molecular complexity index is 820. The SMILES string of the molecule is CCN(C)C=Nc1cc(Cl)c(Cc2ccc(Cl)c(C(F)(F)F)c2)cc1Cl. The minimum absolute atomic E-state index is 0.192. The summed E-state index contributed by atoms with van der Waals surface area (Å²) in [6.45, 7) is 2.76. The van der Waals surface area contributed by atoms with E-state index < -0.39 is 11.7 Å². The third-order valence-corrected chi connectivity index (χ3v) is 4.72. The first-order chi connectivity index (χ1) is 12.1. The summed E-state index contributed by atoms with van der Waals surface area (Å²) in [7, 11) is 1.87. The van der Waals surface area contributed by atoms with Crippen LogP contribution in [0.1, 0.15) is 23.6 Å². The summed E-state index contributed by atoms with van der Waals surface area (Å²) in [5.74, 6) is 0. The van der Waals surface area contributed by atoms with Gasteiger partial charge in [0.1, 0.15) is 0 Å². The Morgan fingerprint density at radius 3 is 2.35 bits per heavy atom. The van der Waals surface area contributed by atoms with E-state index in [1.165, 1.54) is 12.1 Å². The minimum Gasteiger partial charge on any atom is -0.366 e. The van der Waals surface area contributed by atoms with Crippen molar-refractivity contribution in [3.8, 4) is 0 Å². The average molecular weight is 424 g/mol. The first-order valence-corrected chi connectivity index (χ1v) is 8.83. The zero-order valence-corrected chi connectivity index (χ0v) is 16.3. The Kier molecular flexibility index (Phi) is 6.83. The molecular weight excluding hydrogens is 408 g/mol. The number of hydrogen-bond acceptors (Lipinski definition) is 1. The van der Waals surface area contributed by atoms with E-state index in [0.717, 1.165) is 12.6 Å². The molecule has 0 N–H and O–H groups in total. The molecule has 0 bridgehead atoms. The van der Waals surface area contributed by atoms with Gasteiger partial charge in [-0.05, 0) is 48.7 Å². The maximum atomic E-state index is 13.0. The quantitative estimate of drug-likeness (QED) is 0.378. The maximum absolute atomic E-state index is 13.0. The summed E-state index contributed by atoms with van der Waals surface area (Å²) in [4.78, 5) is 6.13.